The van der Waals surface area contributed by atoms with Crippen LogP contribution in [0.2, 0.25) is 0 Å². The molecule has 1 aromatic carbocycles. The Labute approximate surface area is 78.5 Å². The summed E-state index contributed by atoms with van der Waals surface area (Å²) in [5.41, 5.74) is 2.01. The van der Waals surface area contributed by atoms with E-state index < -0.39 is 0 Å². The number of allylic oxidation sites excluding steroid dienone is 1. The molecule has 13 heavy (non-hydrogen) atoms. The van der Waals surface area contributed by atoms with Crippen LogP contribution in [0.3, 0.4) is 0 Å². The quantitative estimate of drug-likeness (QED) is 0.511. The highest BCUT2D eigenvalue weighted by Crippen LogP contribution is 2.00. The van der Waals surface area contributed by atoms with E-state index in [-0.39, 0.29) is 0 Å². The van der Waals surface area contributed by atoms with Crippen molar-refractivity contribution >= 4 is 11.8 Å². The minimum Gasteiger partial charge on any atom is -0.399 e. The van der Waals surface area contributed by atoms with E-state index in [1.54, 1.807) is 7.11 Å². The van der Waals surface area contributed by atoms with Crippen LogP contribution in [-0.2, 0) is 4.84 Å². The highest BCUT2D eigenvalue weighted by molar-refractivity contribution is 5.95. The Hall–Kier alpha value is -1.57. The maximum atomic E-state index is 4.63. The second-order valence-electron chi connectivity index (χ2n) is 2.66. The van der Waals surface area contributed by atoms with Crippen molar-refractivity contribution in [3.8, 4) is 0 Å². The lowest BCUT2D eigenvalue weighted by Gasteiger charge is -1.92. The van der Waals surface area contributed by atoms with Crippen LogP contribution in [0.15, 0.2) is 41.6 Å². The first-order chi connectivity index (χ1) is 6.33. The van der Waals surface area contributed by atoms with Gasteiger partial charge in [-0.15, -0.1) is 0 Å². The zero-order valence-electron chi connectivity index (χ0n) is 7.90. The molecule has 0 aliphatic rings. The van der Waals surface area contributed by atoms with Crippen LogP contribution in [0.25, 0.3) is 6.08 Å². The topological polar surface area (TPSA) is 21.6 Å². The van der Waals surface area contributed by atoms with Gasteiger partial charge in [0.1, 0.15) is 7.11 Å². The Kier molecular flexibility index (Phi) is 3.76. The predicted molar refractivity (Wildman–Crippen MR) is 55.6 cm³/mol. The van der Waals surface area contributed by atoms with Crippen LogP contribution >= 0.6 is 0 Å². The number of nitrogens with zero attached hydrogens (tertiary/aromatic N) is 1. The molecule has 1 aromatic rings. The van der Waals surface area contributed by atoms with Crippen molar-refractivity contribution < 1.29 is 4.84 Å². The molecule has 0 amide bonds. The fourth-order valence-electron chi connectivity index (χ4n) is 0.955. The molecule has 0 heterocycles. The molecule has 68 valence electrons. The van der Waals surface area contributed by atoms with Crippen LogP contribution in [-0.4, -0.2) is 12.8 Å². The smallest absolute Gasteiger partial charge is 0.106 e. The Morgan fingerprint density at radius 3 is 2.62 bits per heavy atom. The van der Waals surface area contributed by atoms with Crippen LogP contribution in [0.5, 0.6) is 0 Å². The van der Waals surface area contributed by atoms with Crippen molar-refractivity contribution in [1.82, 2.24) is 0 Å². The van der Waals surface area contributed by atoms with Gasteiger partial charge in [-0.05, 0) is 18.6 Å². The van der Waals surface area contributed by atoms with Crippen LogP contribution in [0.1, 0.15) is 12.5 Å². The molecule has 0 aliphatic heterocycles. The standard InChI is InChI=1S/C11H13NO/c1-10(12-13-2)8-9-11-6-4-3-5-7-11/h3-9H,1-2H3. The Balaban J connectivity index is 2.64. The lowest BCUT2D eigenvalue weighted by atomic mass is 10.2. The maximum absolute atomic E-state index is 4.63. The molecule has 1 rings (SSSR count). The van der Waals surface area contributed by atoms with Gasteiger partial charge in [0.05, 0.1) is 5.71 Å². The van der Waals surface area contributed by atoms with E-state index in [1.165, 1.54) is 0 Å². The minimum atomic E-state index is 0.853. The van der Waals surface area contributed by atoms with Gasteiger partial charge in [-0.2, -0.15) is 0 Å². The first kappa shape index (κ1) is 9.52. The van der Waals surface area contributed by atoms with Crippen molar-refractivity contribution in [3.63, 3.8) is 0 Å². The largest absolute Gasteiger partial charge is 0.399 e. The van der Waals surface area contributed by atoms with E-state index in [1.807, 2.05) is 49.4 Å². The zero-order chi connectivity index (χ0) is 9.52. The first-order valence-electron chi connectivity index (χ1n) is 4.14. The summed E-state index contributed by atoms with van der Waals surface area (Å²) in [5.74, 6) is 0. The summed E-state index contributed by atoms with van der Waals surface area (Å²) in [4.78, 5) is 4.63. The van der Waals surface area contributed by atoms with E-state index in [9.17, 15) is 0 Å². The third kappa shape index (κ3) is 3.56. The third-order valence-corrected chi connectivity index (χ3v) is 1.55. The second-order valence-corrected chi connectivity index (χ2v) is 2.66. The summed E-state index contributed by atoms with van der Waals surface area (Å²) in [6.07, 6.45) is 3.91. The minimum absolute atomic E-state index is 0.853. The molecule has 0 unspecified atom stereocenters. The van der Waals surface area contributed by atoms with Gasteiger partial charge in [-0.3, -0.25) is 0 Å². The molecule has 0 N–H and O–H groups in total. The summed E-state index contributed by atoms with van der Waals surface area (Å²) >= 11 is 0. The van der Waals surface area contributed by atoms with E-state index in [0.717, 1.165) is 11.3 Å². The Bertz CT molecular complexity index is 301. The number of hydrogen-bond donors (Lipinski definition) is 0. The van der Waals surface area contributed by atoms with Gasteiger partial charge in [-0.1, -0.05) is 41.6 Å². The van der Waals surface area contributed by atoms with Gasteiger partial charge in [0.25, 0.3) is 0 Å². The molecule has 0 radical (unpaired) electrons. The van der Waals surface area contributed by atoms with Gasteiger partial charge >= 0.3 is 0 Å². The number of benzene rings is 1. The number of hydrogen-bond acceptors (Lipinski definition) is 2. The fraction of sp³-hybridized carbons (Fsp3) is 0.182. The maximum Gasteiger partial charge on any atom is 0.106 e. The van der Waals surface area contributed by atoms with Crippen LogP contribution in [0.4, 0.5) is 0 Å². The van der Waals surface area contributed by atoms with Crippen molar-refractivity contribution in [2.45, 2.75) is 6.92 Å². The van der Waals surface area contributed by atoms with Crippen molar-refractivity contribution in [3.05, 3.63) is 42.0 Å². The van der Waals surface area contributed by atoms with E-state index >= 15 is 0 Å². The highest BCUT2D eigenvalue weighted by atomic mass is 16.6. The molecule has 0 bridgehead atoms. The number of oxime groups is 1. The van der Waals surface area contributed by atoms with Gasteiger partial charge < -0.3 is 4.84 Å². The monoisotopic (exact) mass is 175 g/mol. The Morgan fingerprint density at radius 2 is 2.00 bits per heavy atom. The van der Waals surface area contributed by atoms with E-state index in [0.29, 0.717) is 0 Å². The molecular weight excluding hydrogens is 162 g/mol. The average molecular weight is 175 g/mol. The first-order valence-corrected chi connectivity index (χ1v) is 4.14. The van der Waals surface area contributed by atoms with Crippen molar-refractivity contribution in [2.75, 3.05) is 7.11 Å². The van der Waals surface area contributed by atoms with E-state index in [2.05, 4.69) is 9.99 Å². The second kappa shape index (κ2) is 5.14. The molecule has 2 heteroatoms. The molecule has 0 saturated carbocycles. The van der Waals surface area contributed by atoms with Crippen LogP contribution < -0.4 is 0 Å². The van der Waals surface area contributed by atoms with Crippen molar-refractivity contribution in [1.29, 1.82) is 0 Å². The fourth-order valence-corrected chi connectivity index (χ4v) is 0.955. The summed E-state index contributed by atoms with van der Waals surface area (Å²) in [7, 11) is 1.54. The molecule has 0 fully saturated rings. The molecule has 0 aromatic heterocycles. The molecule has 0 spiro atoms. The predicted octanol–water partition coefficient (Wildman–Crippen LogP) is 2.72. The van der Waals surface area contributed by atoms with Crippen LogP contribution in [0, 0.1) is 0 Å². The number of rotatable bonds is 3. The van der Waals surface area contributed by atoms with E-state index in [4.69, 9.17) is 0 Å². The molecule has 2 nitrogen and oxygen atoms in total. The van der Waals surface area contributed by atoms with Gasteiger partial charge in [-0.25, -0.2) is 0 Å². The summed E-state index contributed by atoms with van der Waals surface area (Å²) in [5, 5.41) is 3.77. The molecule has 0 atom stereocenters. The van der Waals surface area contributed by atoms with Crippen molar-refractivity contribution in [2.24, 2.45) is 5.16 Å². The summed E-state index contributed by atoms with van der Waals surface area (Å²) < 4.78 is 0. The summed E-state index contributed by atoms with van der Waals surface area (Å²) in [6, 6.07) is 10.1. The normalized spacial score (nSPS) is 12.0. The molecular formula is C11H13NO. The lowest BCUT2D eigenvalue weighted by molar-refractivity contribution is 0.213. The van der Waals surface area contributed by atoms with Gasteiger partial charge in [0.2, 0.25) is 0 Å². The molecule has 0 aliphatic carbocycles. The SMILES string of the molecule is CON=C(C)C=Cc1ccccc1. The summed E-state index contributed by atoms with van der Waals surface area (Å²) in [6.45, 7) is 1.89. The third-order valence-electron chi connectivity index (χ3n) is 1.55. The average Bonchev–Trinajstić information content (AvgIpc) is 2.17. The van der Waals surface area contributed by atoms with Gasteiger partial charge in [0.15, 0.2) is 0 Å². The Morgan fingerprint density at radius 1 is 1.31 bits per heavy atom. The zero-order valence-corrected chi connectivity index (χ0v) is 7.90. The lowest BCUT2D eigenvalue weighted by Crippen LogP contribution is -1.84. The van der Waals surface area contributed by atoms with Gasteiger partial charge in [0, 0.05) is 0 Å². The molecule has 0 saturated heterocycles. The highest BCUT2D eigenvalue weighted by Gasteiger charge is 1.84.